The van der Waals surface area contributed by atoms with E-state index in [4.69, 9.17) is 11.1 Å². The van der Waals surface area contributed by atoms with E-state index in [1.807, 2.05) is 0 Å². The first-order chi connectivity index (χ1) is 5.79. The van der Waals surface area contributed by atoms with Crippen molar-refractivity contribution >= 4 is 23.8 Å². The predicted molar refractivity (Wildman–Crippen MR) is 38.7 cm³/mol. The van der Waals surface area contributed by atoms with Crippen LogP contribution in [0.3, 0.4) is 0 Å². The molecule has 8 nitrogen and oxygen atoms in total. The molecule has 1 rings (SSSR count). The average molecular weight is 163 g/mol. The van der Waals surface area contributed by atoms with Crippen molar-refractivity contribution in [1.82, 2.24) is 0 Å². The maximum atomic E-state index is 10.8. The molecule has 0 aromatic carbocycles. The zero-order valence-corrected chi connectivity index (χ0v) is 5.62. The van der Waals surface area contributed by atoms with E-state index < -0.39 is 5.91 Å². The highest BCUT2D eigenvalue weighted by Gasteiger charge is 2.27. The van der Waals surface area contributed by atoms with E-state index in [2.05, 4.69) is 24.8 Å². The van der Waals surface area contributed by atoms with Gasteiger partial charge in [-0.2, -0.15) is 4.99 Å². The third-order valence-corrected chi connectivity index (χ3v) is 1.01. The van der Waals surface area contributed by atoms with E-state index in [1.54, 1.807) is 0 Å². The molecule has 0 aromatic rings. The topological polar surface area (TPSA) is 127 Å². The summed E-state index contributed by atoms with van der Waals surface area (Å²) in [7, 11) is 0. The van der Waals surface area contributed by atoms with Gasteiger partial charge in [0.1, 0.15) is 0 Å². The normalized spacial score (nSPS) is 13.3. The van der Waals surface area contributed by atoms with Crippen LogP contribution in [0.2, 0.25) is 0 Å². The fourth-order valence-electron chi connectivity index (χ4n) is 0.572. The summed E-state index contributed by atoms with van der Waals surface area (Å²) in [6, 6.07) is 0. The molecule has 0 unspecified atom stereocenters. The largest absolute Gasteiger partial charge is 0.497 e. The Kier molecular flexibility index (Phi) is 2.08. The van der Waals surface area contributed by atoms with Crippen molar-refractivity contribution in [1.29, 1.82) is 0 Å². The van der Waals surface area contributed by atoms with Gasteiger partial charge >= 0.3 is 5.84 Å². The Labute approximate surface area is 65.5 Å². The van der Waals surface area contributed by atoms with Crippen LogP contribution in [-0.4, -0.2) is 28.6 Å². The number of nitrogens with zero attached hydrogens (tertiary/aromatic N) is 7. The zero-order chi connectivity index (χ0) is 8.97. The van der Waals surface area contributed by atoms with Gasteiger partial charge in [-0.3, -0.25) is 4.79 Å². The number of amides is 1. The minimum Gasteiger partial charge on any atom is -0.497 e. The smallest absolute Gasteiger partial charge is 0.432 e. The predicted octanol–water partition coefficient (Wildman–Crippen LogP) is -0.0655. The highest BCUT2D eigenvalue weighted by molar-refractivity contribution is 6.68. The Hall–Kier alpha value is -2.30. The van der Waals surface area contributed by atoms with Gasteiger partial charge in [-0.1, -0.05) is 0 Å². The van der Waals surface area contributed by atoms with Gasteiger partial charge in [0, 0.05) is 4.91 Å². The molecule has 8 heteroatoms. The van der Waals surface area contributed by atoms with E-state index in [1.165, 1.54) is 0 Å². The number of carbonyl (C=O) groups excluding carboxylic acids is 1. The van der Waals surface area contributed by atoms with Crippen LogP contribution >= 0.6 is 0 Å². The Balaban J connectivity index is 3.01. The maximum absolute atomic E-state index is 10.8. The molecule has 0 fully saturated rings. The third kappa shape index (κ3) is 1.24. The highest BCUT2D eigenvalue weighted by Crippen LogP contribution is 1.94. The summed E-state index contributed by atoms with van der Waals surface area (Å²) in [6.45, 7) is 0. The first-order valence-electron chi connectivity index (χ1n) is 2.71. The Morgan fingerprint density at radius 1 is 1.58 bits per heavy atom. The van der Waals surface area contributed by atoms with E-state index in [0.29, 0.717) is 0 Å². The number of hydrogen-bond donors (Lipinski definition) is 0. The fraction of sp³-hybridized carbons (Fsp3) is 0. The average Bonchev–Trinajstić information content (AvgIpc) is 2.51. The van der Waals surface area contributed by atoms with Crippen LogP contribution in [0, 0.1) is 0 Å². The van der Waals surface area contributed by atoms with Gasteiger partial charge in [0.05, 0.1) is 0 Å². The third-order valence-electron chi connectivity index (χ3n) is 1.01. The summed E-state index contributed by atoms with van der Waals surface area (Å²) >= 11 is 0. The molecule has 0 aliphatic carbocycles. The Morgan fingerprint density at radius 3 is 2.92 bits per heavy atom. The fourth-order valence-corrected chi connectivity index (χ4v) is 0.572. The van der Waals surface area contributed by atoms with Crippen molar-refractivity contribution in [3.05, 3.63) is 16.0 Å². The van der Waals surface area contributed by atoms with E-state index >= 15 is 0 Å². The van der Waals surface area contributed by atoms with Gasteiger partial charge in [-0.25, -0.2) is 0 Å². The summed E-state index contributed by atoms with van der Waals surface area (Å²) < 4.78 is 0. The lowest BCUT2D eigenvalue weighted by molar-refractivity contribution is -0.111. The molecule has 58 valence electrons. The summed E-state index contributed by atoms with van der Waals surface area (Å²) in [5.74, 6) is -1.18. The molecule has 0 aromatic heterocycles. The van der Waals surface area contributed by atoms with Crippen LogP contribution in [0.25, 0.3) is 16.0 Å². The van der Waals surface area contributed by atoms with E-state index in [0.717, 1.165) is 6.34 Å². The maximum Gasteiger partial charge on any atom is 0.432 e. The van der Waals surface area contributed by atoms with Crippen LogP contribution < -0.4 is 0 Å². The molecule has 1 aliphatic heterocycles. The molecule has 1 heterocycles. The van der Waals surface area contributed by atoms with Crippen LogP contribution in [0.15, 0.2) is 15.1 Å². The number of aliphatic imine (C=N–C) groups is 2. The van der Waals surface area contributed by atoms with Crippen LogP contribution in [0.4, 0.5) is 0 Å². The lowest BCUT2D eigenvalue weighted by Crippen LogP contribution is -2.18. The molecule has 0 N–H and O–H groups in total. The van der Waals surface area contributed by atoms with Gasteiger partial charge < -0.3 is 10.3 Å². The lowest BCUT2D eigenvalue weighted by Gasteiger charge is -1.81. The number of rotatable bonds is 1. The summed E-state index contributed by atoms with van der Waals surface area (Å²) in [5.41, 5.74) is 15.9. The quantitative estimate of drug-likeness (QED) is 0.299. The Morgan fingerprint density at radius 2 is 2.33 bits per heavy atom. The molecule has 12 heavy (non-hydrogen) atoms. The van der Waals surface area contributed by atoms with Gasteiger partial charge in [0.15, 0.2) is 0 Å². The van der Waals surface area contributed by atoms with Crippen LogP contribution in [0.5, 0.6) is 0 Å². The summed E-state index contributed by atoms with van der Waals surface area (Å²) in [6.07, 6.45) is 1.02. The lowest BCUT2D eigenvalue weighted by atomic mass is 10.3. The number of azide groups is 1. The number of amidine groups is 1. The second kappa shape index (κ2) is 3.20. The van der Waals surface area contributed by atoms with Gasteiger partial charge in [-0.15, -0.1) is 0 Å². The standard InChI is InChI=1S/C4HN7O/c5-9-3-2(7-1-8-3)4(12)10-11-6/h1H. The minimum atomic E-state index is -0.928. The monoisotopic (exact) mass is 163 g/mol. The molecular formula is C4HN7O. The second-order valence-corrected chi connectivity index (χ2v) is 1.64. The second-order valence-electron chi connectivity index (χ2n) is 1.64. The molecule has 1 amide bonds. The van der Waals surface area contributed by atoms with Crippen molar-refractivity contribution < 1.29 is 9.58 Å². The first-order valence-corrected chi connectivity index (χ1v) is 2.71. The molecule has 0 radical (unpaired) electrons. The Bertz CT molecular complexity index is 378. The van der Waals surface area contributed by atoms with Crippen molar-refractivity contribution in [2.75, 3.05) is 0 Å². The van der Waals surface area contributed by atoms with Gasteiger partial charge in [0.2, 0.25) is 12.1 Å². The number of hydrogen-bond acceptors (Lipinski definition) is 2. The molecule has 0 spiro atoms. The zero-order valence-electron chi connectivity index (χ0n) is 5.62. The van der Waals surface area contributed by atoms with Crippen molar-refractivity contribution in [3.8, 4) is 0 Å². The van der Waals surface area contributed by atoms with Gasteiger partial charge in [0.25, 0.3) is 5.91 Å². The number of carbonyl (C=O) groups is 1. The summed E-state index contributed by atoms with van der Waals surface area (Å²) in [4.78, 5) is 22.5. The SMILES string of the molecule is [N-]=[N+]=NC(=O)C1=NC=NC1=[N+]=[N-]. The van der Waals surface area contributed by atoms with Crippen molar-refractivity contribution in [3.63, 3.8) is 0 Å². The molecule has 1 aliphatic rings. The molecule has 0 bridgehead atoms. The van der Waals surface area contributed by atoms with E-state index in [-0.39, 0.29) is 11.5 Å². The molecule has 0 saturated heterocycles. The molecular weight excluding hydrogens is 162 g/mol. The minimum absolute atomic E-state index is 0.257. The van der Waals surface area contributed by atoms with Crippen molar-refractivity contribution in [2.24, 2.45) is 15.1 Å². The molecule has 0 saturated carbocycles. The van der Waals surface area contributed by atoms with Crippen molar-refractivity contribution in [2.45, 2.75) is 0 Å². The first kappa shape index (κ1) is 7.80. The highest BCUT2D eigenvalue weighted by atomic mass is 16.2. The van der Waals surface area contributed by atoms with Crippen LogP contribution in [0.1, 0.15) is 0 Å². The van der Waals surface area contributed by atoms with E-state index in [9.17, 15) is 4.79 Å². The van der Waals surface area contributed by atoms with Crippen LogP contribution in [-0.2, 0) is 4.79 Å². The van der Waals surface area contributed by atoms with Gasteiger partial charge in [-0.05, 0) is 15.6 Å². The molecule has 0 atom stereocenters. The summed E-state index contributed by atoms with van der Waals surface area (Å²) in [5, 5.41) is 2.74.